The minimum Gasteiger partial charge on any atom is -0.469 e. The second-order valence-corrected chi connectivity index (χ2v) is 4.88. The number of carbonyl (C=O) groups is 1. The van der Waals surface area contributed by atoms with Crippen LogP contribution in [0.3, 0.4) is 0 Å². The molecule has 3 aromatic rings. The van der Waals surface area contributed by atoms with Crippen LogP contribution in [0.5, 0.6) is 0 Å². The Bertz CT molecular complexity index is 693. The third-order valence-electron chi connectivity index (χ3n) is 3.45. The summed E-state index contributed by atoms with van der Waals surface area (Å²) in [5.41, 5.74) is 1.45. The molecule has 1 atom stereocenters. The number of aromatic amines is 1. The van der Waals surface area contributed by atoms with E-state index in [9.17, 15) is 4.79 Å². The van der Waals surface area contributed by atoms with Gasteiger partial charge in [0.1, 0.15) is 5.76 Å². The van der Waals surface area contributed by atoms with Crippen molar-refractivity contribution in [1.29, 1.82) is 0 Å². The smallest absolute Gasteiger partial charge is 0.273 e. The van der Waals surface area contributed by atoms with E-state index in [1.165, 1.54) is 6.20 Å². The first-order valence-electron chi connectivity index (χ1n) is 7.07. The van der Waals surface area contributed by atoms with Crippen molar-refractivity contribution in [2.45, 2.75) is 12.3 Å². The number of hydrogen-bond donors (Lipinski definition) is 2. The van der Waals surface area contributed by atoms with Crippen molar-refractivity contribution in [2.24, 2.45) is 0 Å². The Morgan fingerprint density at radius 3 is 2.77 bits per heavy atom. The van der Waals surface area contributed by atoms with Crippen LogP contribution in [0, 0.1) is 0 Å². The predicted molar refractivity (Wildman–Crippen MR) is 80.3 cm³/mol. The van der Waals surface area contributed by atoms with Crippen molar-refractivity contribution in [1.82, 2.24) is 20.7 Å². The molecule has 0 saturated carbocycles. The molecule has 2 N–H and O–H groups in total. The van der Waals surface area contributed by atoms with Gasteiger partial charge in [-0.3, -0.25) is 4.79 Å². The topological polar surface area (TPSA) is 83.8 Å². The summed E-state index contributed by atoms with van der Waals surface area (Å²) in [5, 5.41) is 12.6. The lowest BCUT2D eigenvalue weighted by Gasteiger charge is -2.15. The Morgan fingerprint density at radius 2 is 2.09 bits per heavy atom. The van der Waals surface area contributed by atoms with Crippen LogP contribution in [0.15, 0.2) is 59.3 Å². The second kappa shape index (κ2) is 6.71. The Kier molecular flexibility index (Phi) is 4.29. The van der Waals surface area contributed by atoms with Crippen molar-refractivity contribution in [3.05, 3.63) is 71.9 Å². The number of amides is 1. The number of benzene rings is 1. The van der Waals surface area contributed by atoms with Crippen LogP contribution in [-0.4, -0.2) is 27.9 Å². The van der Waals surface area contributed by atoms with E-state index in [4.69, 9.17) is 4.42 Å². The van der Waals surface area contributed by atoms with E-state index in [0.717, 1.165) is 17.7 Å². The number of nitrogens with one attached hydrogen (secondary N) is 2. The summed E-state index contributed by atoms with van der Waals surface area (Å²) in [6.45, 7) is 0.520. The zero-order valence-electron chi connectivity index (χ0n) is 11.9. The molecule has 3 rings (SSSR count). The first kappa shape index (κ1) is 14.1. The van der Waals surface area contributed by atoms with E-state index < -0.39 is 0 Å². The highest BCUT2D eigenvalue weighted by molar-refractivity contribution is 5.91. The van der Waals surface area contributed by atoms with Crippen molar-refractivity contribution in [3.8, 4) is 0 Å². The minimum atomic E-state index is -0.236. The summed E-state index contributed by atoms with van der Waals surface area (Å²) in [6.07, 6.45) is 3.80. The summed E-state index contributed by atoms with van der Waals surface area (Å²) in [7, 11) is 0. The molecule has 0 saturated heterocycles. The lowest BCUT2D eigenvalue weighted by molar-refractivity contribution is 0.0947. The lowest BCUT2D eigenvalue weighted by Crippen LogP contribution is -2.26. The third kappa shape index (κ3) is 3.22. The molecule has 0 aliphatic carbocycles. The van der Waals surface area contributed by atoms with Gasteiger partial charge < -0.3 is 9.73 Å². The van der Waals surface area contributed by atoms with Crippen LogP contribution in [0.4, 0.5) is 0 Å². The maximum absolute atomic E-state index is 11.9. The average molecular weight is 296 g/mol. The lowest BCUT2D eigenvalue weighted by atomic mass is 9.93. The van der Waals surface area contributed by atoms with Crippen LogP contribution in [-0.2, 0) is 0 Å². The molecular weight excluding hydrogens is 280 g/mol. The number of furan rings is 1. The van der Waals surface area contributed by atoms with Gasteiger partial charge in [-0.05, 0) is 24.1 Å². The third-order valence-corrected chi connectivity index (χ3v) is 3.45. The molecule has 0 fully saturated rings. The molecule has 0 bridgehead atoms. The van der Waals surface area contributed by atoms with E-state index >= 15 is 0 Å². The van der Waals surface area contributed by atoms with Gasteiger partial charge >= 0.3 is 0 Å². The zero-order valence-corrected chi connectivity index (χ0v) is 11.9. The summed E-state index contributed by atoms with van der Waals surface area (Å²) in [4.78, 5) is 11.9. The molecule has 2 aromatic heterocycles. The molecule has 2 heterocycles. The first-order chi connectivity index (χ1) is 10.8. The number of aromatic nitrogens is 3. The molecular formula is C16H16N4O2. The molecule has 6 nitrogen and oxygen atoms in total. The molecule has 1 amide bonds. The molecule has 0 aliphatic heterocycles. The molecule has 1 aromatic carbocycles. The van der Waals surface area contributed by atoms with Crippen molar-refractivity contribution < 1.29 is 9.21 Å². The maximum Gasteiger partial charge on any atom is 0.273 e. The van der Waals surface area contributed by atoms with Crippen LogP contribution in [0.25, 0.3) is 0 Å². The summed E-state index contributed by atoms with van der Waals surface area (Å²) >= 11 is 0. The average Bonchev–Trinajstić information content (AvgIpc) is 3.25. The van der Waals surface area contributed by atoms with Gasteiger partial charge in [0.25, 0.3) is 5.91 Å². The second-order valence-electron chi connectivity index (χ2n) is 4.88. The molecule has 0 radical (unpaired) electrons. The fourth-order valence-corrected chi connectivity index (χ4v) is 2.38. The molecule has 0 unspecified atom stereocenters. The van der Waals surface area contributed by atoms with Gasteiger partial charge in [-0.15, -0.1) is 0 Å². The van der Waals surface area contributed by atoms with Gasteiger partial charge in [-0.2, -0.15) is 15.4 Å². The SMILES string of the molecule is O=C(NCC[C@H](c1ccccc1)c1ccco1)c1cn[nH]n1. The highest BCUT2D eigenvalue weighted by Gasteiger charge is 2.17. The first-order valence-corrected chi connectivity index (χ1v) is 7.07. The molecule has 22 heavy (non-hydrogen) atoms. The minimum absolute atomic E-state index is 0.105. The Morgan fingerprint density at radius 1 is 1.23 bits per heavy atom. The fraction of sp³-hybridized carbons (Fsp3) is 0.188. The Hall–Kier alpha value is -2.89. The van der Waals surface area contributed by atoms with Crippen LogP contribution in [0.1, 0.15) is 34.2 Å². The van der Waals surface area contributed by atoms with E-state index in [-0.39, 0.29) is 17.5 Å². The van der Waals surface area contributed by atoms with E-state index in [2.05, 4.69) is 32.9 Å². The van der Waals surface area contributed by atoms with Gasteiger partial charge in [0.2, 0.25) is 0 Å². The predicted octanol–water partition coefficient (Wildman–Crippen LogP) is 2.35. The highest BCUT2D eigenvalue weighted by Crippen LogP contribution is 2.27. The van der Waals surface area contributed by atoms with E-state index in [1.807, 2.05) is 30.3 Å². The van der Waals surface area contributed by atoms with Crippen molar-refractivity contribution in [2.75, 3.05) is 6.54 Å². The summed E-state index contributed by atoms with van der Waals surface area (Å²) < 4.78 is 5.54. The monoisotopic (exact) mass is 296 g/mol. The van der Waals surface area contributed by atoms with Gasteiger partial charge in [-0.1, -0.05) is 30.3 Å². The maximum atomic E-state index is 11.9. The van der Waals surface area contributed by atoms with Gasteiger partial charge in [-0.25, -0.2) is 0 Å². The van der Waals surface area contributed by atoms with Gasteiger partial charge in [0.05, 0.1) is 12.5 Å². The Balaban J connectivity index is 1.65. The summed E-state index contributed by atoms with van der Waals surface area (Å²) in [5.74, 6) is 0.760. The number of rotatable bonds is 6. The standard InChI is InChI=1S/C16H16N4O2/c21-16(14-11-18-20-19-14)17-9-8-13(15-7-4-10-22-15)12-5-2-1-3-6-12/h1-7,10-11,13H,8-9H2,(H,17,21)(H,18,19,20)/t13-/m1/s1. The van der Waals surface area contributed by atoms with E-state index in [0.29, 0.717) is 6.54 Å². The largest absolute Gasteiger partial charge is 0.469 e. The van der Waals surface area contributed by atoms with Crippen molar-refractivity contribution >= 4 is 5.91 Å². The normalized spacial score (nSPS) is 12.0. The fourth-order valence-electron chi connectivity index (χ4n) is 2.38. The quantitative estimate of drug-likeness (QED) is 0.731. The number of H-pyrrole nitrogens is 1. The van der Waals surface area contributed by atoms with Gasteiger partial charge in [0, 0.05) is 12.5 Å². The molecule has 0 aliphatic rings. The van der Waals surface area contributed by atoms with Gasteiger partial charge in [0.15, 0.2) is 5.69 Å². The molecule has 112 valence electrons. The van der Waals surface area contributed by atoms with E-state index in [1.54, 1.807) is 6.26 Å². The Labute approximate surface area is 127 Å². The molecule has 6 heteroatoms. The van der Waals surface area contributed by atoms with Crippen molar-refractivity contribution in [3.63, 3.8) is 0 Å². The van der Waals surface area contributed by atoms with Crippen LogP contribution in [0.2, 0.25) is 0 Å². The summed E-state index contributed by atoms with van der Waals surface area (Å²) in [6, 6.07) is 13.9. The number of hydrogen-bond acceptors (Lipinski definition) is 4. The number of nitrogens with zero attached hydrogens (tertiary/aromatic N) is 2. The number of carbonyl (C=O) groups excluding carboxylic acids is 1. The zero-order chi connectivity index (χ0) is 15.2. The molecule has 0 spiro atoms. The van der Waals surface area contributed by atoms with Crippen LogP contribution >= 0.6 is 0 Å². The van der Waals surface area contributed by atoms with Crippen LogP contribution < -0.4 is 5.32 Å². The highest BCUT2D eigenvalue weighted by atomic mass is 16.3.